The highest BCUT2D eigenvalue weighted by Gasteiger charge is 2.16. The largest absolute Gasteiger partial charge is 0.309 e. The van der Waals surface area contributed by atoms with E-state index in [0.29, 0.717) is 11.6 Å². The maximum atomic E-state index is 5.22. The number of rotatable bonds is 5. The first-order valence-corrected chi connectivity index (χ1v) is 17.1. The minimum Gasteiger partial charge on any atom is -0.309 e. The van der Waals surface area contributed by atoms with Crippen LogP contribution in [0.25, 0.3) is 94.6 Å². The highest BCUT2D eigenvalue weighted by atomic mass is 15.0. The van der Waals surface area contributed by atoms with Gasteiger partial charge in [0.2, 0.25) is 0 Å². The van der Waals surface area contributed by atoms with Crippen LogP contribution >= 0.6 is 0 Å². The summed E-state index contributed by atoms with van der Waals surface area (Å²) < 4.78 is 2.33. The first-order chi connectivity index (χ1) is 25.3. The molecule has 0 bridgehead atoms. The molecule has 0 N–H and O–H groups in total. The molecule has 10 aromatic rings. The molecular formula is C46H29N5. The SMILES string of the molecule is c1ccc(-c2nc(-c3cccc(-c4nc(-c5ccc(-n6c7ccccc7c7ccccc76)cc5)c5ccccc5n4)c3)nc3ccccc23)cc1. The van der Waals surface area contributed by atoms with E-state index in [2.05, 4.69) is 126 Å². The molecule has 5 nitrogen and oxygen atoms in total. The summed E-state index contributed by atoms with van der Waals surface area (Å²) in [7, 11) is 0. The van der Waals surface area contributed by atoms with Gasteiger partial charge in [0.1, 0.15) is 0 Å². The summed E-state index contributed by atoms with van der Waals surface area (Å²) in [6, 6.07) is 60.8. The van der Waals surface area contributed by atoms with Crippen molar-refractivity contribution < 1.29 is 0 Å². The molecule has 0 radical (unpaired) electrons. The van der Waals surface area contributed by atoms with Crippen LogP contribution in [0.4, 0.5) is 0 Å². The van der Waals surface area contributed by atoms with Crippen LogP contribution in [-0.4, -0.2) is 24.5 Å². The zero-order valence-corrected chi connectivity index (χ0v) is 27.5. The fourth-order valence-corrected chi connectivity index (χ4v) is 7.21. The van der Waals surface area contributed by atoms with Crippen molar-refractivity contribution >= 4 is 43.6 Å². The van der Waals surface area contributed by atoms with Crippen molar-refractivity contribution in [2.75, 3.05) is 0 Å². The van der Waals surface area contributed by atoms with Crippen LogP contribution in [0.2, 0.25) is 0 Å². The van der Waals surface area contributed by atoms with Gasteiger partial charge >= 0.3 is 0 Å². The average molecular weight is 652 g/mol. The van der Waals surface area contributed by atoms with Gasteiger partial charge in [-0.2, -0.15) is 0 Å². The molecule has 7 aromatic carbocycles. The smallest absolute Gasteiger partial charge is 0.160 e. The predicted molar refractivity (Wildman–Crippen MR) is 209 cm³/mol. The molecule has 0 unspecified atom stereocenters. The van der Waals surface area contributed by atoms with E-state index in [0.717, 1.165) is 61.1 Å². The molecule has 238 valence electrons. The molecule has 0 saturated heterocycles. The quantitative estimate of drug-likeness (QED) is 0.186. The fraction of sp³-hybridized carbons (Fsp3) is 0. The van der Waals surface area contributed by atoms with Gasteiger partial charge in [0.05, 0.1) is 33.5 Å². The van der Waals surface area contributed by atoms with Gasteiger partial charge in [-0.05, 0) is 42.5 Å². The average Bonchev–Trinajstić information content (AvgIpc) is 3.55. The second kappa shape index (κ2) is 11.9. The molecule has 0 spiro atoms. The van der Waals surface area contributed by atoms with E-state index < -0.39 is 0 Å². The molecule has 10 rings (SSSR count). The molecular weight excluding hydrogens is 623 g/mol. The van der Waals surface area contributed by atoms with Crippen LogP contribution < -0.4 is 0 Å². The molecule has 3 heterocycles. The van der Waals surface area contributed by atoms with Crippen molar-refractivity contribution in [3.05, 3.63) is 176 Å². The van der Waals surface area contributed by atoms with Crippen molar-refractivity contribution in [3.8, 4) is 51.0 Å². The standard InChI is InChI=1S/C46H29N5/c1-2-13-30(14-3-1)43-37-19-4-8-21-39(37)47-45(49-43)32-15-12-16-33(29-32)46-48-40-22-9-5-20-38(40)44(50-46)31-25-27-34(28-26-31)51-41-23-10-6-17-35(41)36-18-7-11-24-42(36)51/h1-29H. The van der Waals surface area contributed by atoms with Crippen molar-refractivity contribution in [1.82, 2.24) is 24.5 Å². The van der Waals surface area contributed by atoms with E-state index in [1.165, 1.54) is 21.8 Å². The summed E-state index contributed by atoms with van der Waals surface area (Å²) >= 11 is 0. The minimum atomic E-state index is 0.654. The Labute approximate surface area is 294 Å². The number of hydrogen-bond acceptors (Lipinski definition) is 4. The summed E-state index contributed by atoms with van der Waals surface area (Å²) in [5.41, 5.74) is 11.0. The third-order valence-corrected chi connectivity index (χ3v) is 9.61. The molecule has 0 aliphatic rings. The monoisotopic (exact) mass is 651 g/mol. The van der Waals surface area contributed by atoms with Crippen LogP contribution in [0.15, 0.2) is 176 Å². The maximum absolute atomic E-state index is 5.22. The molecule has 0 aliphatic carbocycles. The van der Waals surface area contributed by atoms with Gasteiger partial charge in [-0.25, -0.2) is 19.9 Å². The van der Waals surface area contributed by atoms with E-state index in [9.17, 15) is 0 Å². The van der Waals surface area contributed by atoms with Crippen LogP contribution in [0, 0.1) is 0 Å². The molecule has 51 heavy (non-hydrogen) atoms. The zero-order valence-electron chi connectivity index (χ0n) is 27.5. The Bertz CT molecular complexity index is 2860. The van der Waals surface area contributed by atoms with Crippen LogP contribution in [0.3, 0.4) is 0 Å². The van der Waals surface area contributed by atoms with E-state index in [-0.39, 0.29) is 0 Å². The van der Waals surface area contributed by atoms with Gasteiger partial charge in [-0.15, -0.1) is 0 Å². The Kier molecular flexibility index (Phi) is 6.74. The minimum absolute atomic E-state index is 0.654. The lowest BCUT2D eigenvalue weighted by Crippen LogP contribution is -1.98. The molecule has 0 atom stereocenters. The maximum Gasteiger partial charge on any atom is 0.160 e. The van der Waals surface area contributed by atoms with Crippen molar-refractivity contribution in [3.63, 3.8) is 0 Å². The third-order valence-electron chi connectivity index (χ3n) is 9.61. The number of nitrogens with zero attached hydrogens (tertiary/aromatic N) is 5. The fourth-order valence-electron chi connectivity index (χ4n) is 7.21. The van der Waals surface area contributed by atoms with Gasteiger partial charge in [0.15, 0.2) is 11.6 Å². The Morgan fingerprint density at radius 2 is 0.745 bits per heavy atom. The first kappa shape index (κ1) is 29.0. The van der Waals surface area contributed by atoms with Gasteiger partial charge in [0.25, 0.3) is 0 Å². The Morgan fingerprint density at radius 3 is 1.29 bits per heavy atom. The van der Waals surface area contributed by atoms with Gasteiger partial charge in [-0.1, -0.05) is 133 Å². The van der Waals surface area contributed by atoms with Crippen LogP contribution in [0.1, 0.15) is 0 Å². The van der Waals surface area contributed by atoms with Gasteiger partial charge in [-0.3, -0.25) is 0 Å². The summed E-state index contributed by atoms with van der Waals surface area (Å²) in [6.45, 7) is 0. The molecule has 0 fully saturated rings. The number of para-hydroxylation sites is 4. The van der Waals surface area contributed by atoms with Crippen LogP contribution in [-0.2, 0) is 0 Å². The first-order valence-electron chi connectivity index (χ1n) is 17.1. The normalized spacial score (nSPS) is 11.5. The topological polar surface area (TPSA) is 56.5 Å². The second-order valence-electron chi connectivity index (χ2n) is 12.7. The van der Waals surface area contributed by atoms with Crippen molar-refractivity contribution in [2.45, 2.75) is 0 Å². The molecule has 3 aromatic heterocycles. The van der Waals surface area contributed by atoms with E-state index in [1.807, 2.05) is 54.6 Å². The Morgan fingerprint density at radius 1 is 0.314 bits per heavy atom. The highest BCUT2D eigenvalue weighted by molar-refractivity contribution is 6.09. The molecule has 0 aliphatic heterocycles. The van der Waals surface area contributed by atoms with Crippen LogP contribution in [0.5, 0.6) is 0 Å². The third kappa shape index (κ3) is 4.94. The van der Waals surface area contributed by atoms with Gasteiger partial charge < -0.3 is 4.57 Å². The van der Waals surface area contributed by atoms with E-state index >= 15 is 0 Å². The molecule has 5 heteroatoms. The predicted octanol–water partition coefficient (Wildman–Crippen LogP) is 11.3. The van der Waals surface area contributed by atoms with E-state index in [4.69, 9.17) is 19.9 Å². The molecule has 0 amide bonds. The van der Waals surface area contributed by atoms with Gasteiger partial charge in [0, 0.05) is 49.5 Å². The Balaban J connectivity index is 1.08. The summed E-state index contributed by atoms with van der Waals surface area (Å²) in [6.07, 6.45) is 0. The van der Waals surface area contributed by atoms with Crippen molar-refractivity contribution in [2.24, 2.45) is 0 Å². The lowest BCUT2D eigenvalue weighted by atomic mass is 10.0. The zero-order chi connectivity index (χ0) is 33.7. The lowest BCUT2D eigenvalue weighted by Gasteiger charge is -2.12. The second-order valence-corrected chi connectivity index (χ2v) is 12.7. The summed E-state index contributed by atoms with van der Waals surface area (Å²) in [5.74, 6) is 1.32. The van der Waals surface area contributed by atoms with E-state index in [1.54, 1.807) is 0 Å². The highest BCUT2D eigenvalue weighted by Crippen LogP contribution is 2.35. The number of benzene rings is 7. The van der Waals surface area contributed by atoms with Crippen molar-refractivity contribution in [1.29, 1.82) is 0 Å². The number of hydrogen-bond donors (Lipinski definition) is 0. The summed E-state index contributed by atoms with van der Waals surface area (Å²) in [5, 5.41) is 4.52. The Hall–Kier alpha value is -6.98. The molecule has 0 saturated carbocycles. The lowest BCUT2D eigenvalue weighted by molar-refractivity contribution is 1.18. The summed E-state index contributed by atoms with van der Waals surface area (Å²) in [4.78, 5) is 20.4. The number of fused-ring (bicyclic) bond motifs is 5. The number of aromatic nitrogens is 5.